The van der Waals surface area contributed by atoms with Crippen molar-refractivity contribution in [2.24, 2.45) is 0 Å². The van der Waals surface area contributed by atoms with Gasteiger partial charge in [-0.1, -0.05) is 12.1 Å². The van der Waals surface area contributed by atoms with Crippen molar-refractivity contribution in [3.8, 4) is 17.0 Å². The highest BCUT2D eigenvalue weighted by Crippen LogP contribution is 2.26. The highest BCUT2D eigenvalue weighted by atomic mass is 32.1. The van der Waals surface area contributed by atoms with Crippen molar-refractivity contribution in [1.82, 2.24) is 15.0 Å². The zero-order valence-corrected chi connectivity index (χ0v) is 17.2. The molecule has 2 aromatic heterocycles. The molecule has 0 saturated heterocycles. The molecule has 7 nitrogen and oxygen atoms in total. The van der Waals surface area contributed by atoms with Crippen molar-refractivity contribution in [2.75, 3.05) is 11.9 Å². The Morgan fingerprint density at radius 3 is 2.73 bits per heavy atom. The number of anilines is 1. The summed E-state index contributed by atoms with van der Waals surface area (Å²) in [7, 11) is 0. The van der Waals surface area contributed by atoms with Crippen molar-refractivity contribution in [2.45, 2.75) is 19.8 Å². The van der Waals surface area contributed by atoms with E-state index in [2.05, 4.69) is 20.3 Å². The number of carbonyl (C=O) groups is 1. The molecule has 0 unspecified atom stereocenters. The van der Waals surface area contributed by atoms with Gasteiger partial charge in [-0.05, 0) is 43.3 Å². The normalized spacial score (nSPS) is 10.8. The van der Waals surface area contributed by atoms with Crippen molar-refractivity contribution in [3.05, 3.63) is 70.1 Å². The number of ether oxygens (including phenoxy) is 1. The molecule has 0 radical (unpaired) electrons. The Morgan fingerprint density at radius 1 is 1.13 bits per heavy atom. The number of nitrogens with one attached hydrogen (secondary N) is 2. The van der Waals surface area contributed by atoms with Crippen molar-refractivity contribution in [3.63, 3.8) is 0 Å². The van der Waals surface area contributed by atoms with Gasteiger partial charge >= 0.3 is 0 Å². The maximum Gasteiger partial charge on any atom is 0.258 e. The van der Waals surface area contributed by atoms with Crippen molar-refractivity contribution < 1.29 is 9.53 Å². The Bertz CT molecular complexity index is 1230. The molecule has 30 heavy (non-hydrogen) atoms. The highest BCUT2D eigenvalue weighted by molar-refractivity contribution is 7.14. The summed E-state index contributed by atoms with van der Waals surface area (Å²) < 4.78 is 5.45. The van der Waals surface area contributed by atoms with Crippen LogP contribution in [0.3, 0.4) is 0 Å². The number of aromatic nitrogens is 3. The van der Waals surface area contributed by atoms with Gasteiger partial charge in [-0.3, -0.25) is 9.59 Å². The number of amides is 1. The second-order valence-corrected chi connectivity index (χ2v) is 7.43. The lowest BCUT2D eigenvalue weighted by Gasteiger charge is -2.04. The molecular weight excluding hydrogens is 400 g/mol. The number of aromatic amines is 1. The lowest BCUT2D eigenvalue weighted by molar-refractivity contribution is -0.116. The summed E-state index contributed by atoms with van der Waals surface area (Å²) in [4.78, 5) is 36.1. The first-order valence-electron chi connectivity index (χ1n) is 9.59. The monoisotopic (exact) mass is 420 g/mol. The lowest BCUT2D eigenvalue weighted by Crippen LogP contribution is -2.16. The Morgan fingerprint density at radius 2 is 1.93 bits per heavy atom. The molecule has 2 aromatic carbocycles. The van der Waals surface area contributed by atoms with Gasteiger partial charge in [0.05, 0.1) is 23.2 Å². The molecule has 2 N–H and O–H groups in total. The van der Waals surface area contributed by atoms with Crippen LogP contribution in [-0.4, -0.2) is 27.5 Å². The zero-order valence-electron chi connectivity index (χ0n) is 16.3. The van der Waals surface area contributed by atoms with E-state index < -0.39 is 0 Å². The Labute approximate surface area is 176 Å². The number of fused-ring (bicyclic) bond motifs is 1. The molecule has 0 aliphatic heterocycles. The van der Waals surface area contributed by atoms with Gasteiger partial charge < -0.3 is 15.0 Å². The number of hydrogen-bond acceptors (Lipinski definition) is 6. The van der Waals surface area contributed by atoms with E-state index in [1.165, 1.54) is 11.3 Å². The number of aryl methyl sites for hydroxylation is 1. The molecule has 8 heteroatoms. The van der Waals surface area contributed by atoms with Crippen LogP contribution in [0.25, 0.3) is 22.2 Å². The molecule has 0 fully saturated rings. The van der Waals surface area contributed by atoms with Gasteiger partial charge in [0.15, 0.2) is 5.13 Å². The predicted octanol–water partition coefficient (Wildman–Crippen LogP) is 4.02. The van der Waals surface area contributed by atoms with E-state index in [-0.39, 0.29) is 17.9 Å². The molecule has 0 aliphatic rings. The molecule has 0 aliphatic carbocycles. The number of carbonyl (C=O) groups excluding carboxylic acids is 1. The quantitative estimate of drug-likeness (QED) is 0.471. The summed E-state index contributed by atoms with van der Waals surface area (Å²) in [5, 5.41) is 5.77. The maximum atomic E-state index is 12.3. The van der Waals surface area contributed by atoms with Gasteiger partial charge in [-0.15, -0.1) is 11.3 Å². The molecule has 0 spiro atoms. The average Bonchev–Trinajstić information content (AvgIpc) is 3.21. The Hall–Kier alpha value is -3.52. The molecule has 2 heterocycles. The number of para-hydroxylation sites is 1. The van der Waals surface area contributed by atoms with E-state index in [4.69, 9.17) is 4.74 Å². The molecular formula is C22H20N4O3S. The van der Waals surface area contributed by atoms with Gasteiger partial charge in [0, 0.05) is 23.8 Å². The third-order valence-electron chi connectivity index (χ3n) is 4.46. The van der Waals surface area contributed by atoms with E-state index in [0.717, 1.165) is 17.0 Å². The minimum atomic E-state index is -0.198. The van der Waals surface area contributed by atoms with Crippen LogP contribution < -0.4 is 15.6 Å². The first-order valence-corrected chi connectivity index (χ1v) is 10.5. The minimum Gasteiger partial charge on any atom is -0.494 e. The van der Waals surface area contributed by atoms with Crippen LogP contribution in [-0.2, 0) is 11.2 Å². The largest absolute Gasteiger partial charge is 0.494 e. The molecule has 152 valence electrons. The molecule has 0 atom stereocenters. The first kappa shape index (κ1) is 19.8. The fourth-order valence-corrected chi connectivity index (χ4v) is 3.76. The van der Waals surface area contributed by atoms with Crippen LogP contribution in [0.2, 0.25) is 0 Å². The molecule has 1 amide bonds. The second kappa shape index (κ2) is 8.87. The molecule has 0 saturated carbocycles. The van der Waals surface area contributed by atoms with Crippen molar-refractivity contribution >= 4 is 33.3 Å². The van der Waals surface area contributed by atoms with Crippen LogP contribution in [0, 0.1) is 0 Å². The van der Waals surface area contributed by atoms with E-state index in [1.54, 1.807) is 18.2 Å². The smallest absolute Gasteiger partial charge is 0.258 e. The second-order valence-electron chi connectivity index (χ2n) is 6.57. The van der Waals surface area contributed by atoms with E-state index in [9.17, 15) is 9.59 Å². The van der Waals surface area contributed by atoms with Crippen LogP contribution >= 0.6 is 11.3 Å². The third kappa shape index (κ3) is 4.55. The van der Waals surface area contributed by atoms with Crippen LogP contribution in [0.1, 0.15) is 19.2 Å². The summed E-state index contributed by atoms with van der Waals surface area (Å²) in [6, 6.07) is 14.8. The van der Waals surface area contributed by atoms with Gasteiger partial charge in [-0.25, -0.2) is 9.97 Å². The Balaban J connectivity index is 1.37. The van der Waals surface area contributed by atoms with Gasteiger partial charge in [0.25, 0.3) is 5.56 Å². The van der Waals surface area contributed by atoms with Crippen molar-refractivity contribution in [1.29, 1.82) is 0 Å². The third-order valence-corrected chi connectivity index (χ3v) is 5.22. The summed E-state index contributed by atoms with van der Waals surface area (Å²) >= 11 is 1.37. The first-order chi connectivity index (χ1) is 14.6. The van der Waals surface area contributed by atoms with Gasteiger partial charge in [0.1, 0.15) is 11.6 Å². The number of nitrogens with zero attached hydrogens (tertiary/aromatic N) is 2. The van der Waals surface area contributed by atoms with Crippen LogP contribution in [0.4, 0.5) is 5.13 Å². The zero-order chi connectivity index (χ0) is 20.9. The summed E-state index contributed by atoms with van der Waals surface area (Å²) in [5.74, 6) is 1.12. The Kier molecular flexibility index (Phi) is 5.85. The molecule has 0 bridgehead atoms. The summed E-state index contributed by atoms with van der Waals surface area (Å²) in [6.45, 7) is 2.56. The topological polar surface area (TPSA) is 97.0 Å². The summed E-state index contributed by atoms with van der Waals surface area (Å²) in [5.41, 5.74) is 2.17. The minimum absolute atomic E-state index is 0.182. The van der Waals surface area contributed by atoms with Gasteiger partial charge in [0.2, 0.25) is 5.91 Å². The fraction of sp³-hybridized carbons (Fsp3) is 0.182. The van der Waals surface area contributed by atoms with Gasteiger partial charge in [-0.2, -0.15) is 0 Å². The van der Waals surface area contributed by atoms with E-state index in [1.807, 2.05) is 42.6 Å². The maximum absolute atomic E-state index is 12.3. The van der Waals surface area contributed by atoms with Crippen LogP contribution in [0.5, 0.6) is 5.75 Å². The summed E-state index contributed by atoms with van der Waals surface area (Å²) in [6.07, 6.45) is 0.530. The predicted molar refractivity (Wildman–Crippen MR) is 118 cm³/mol. The standard InChI is InChI=1S/C22H20N4O3S/c1-2-29-15-9-7-14(8-10-15)18-13-30-22(24-18)26-20(27)12-11-19-23-17-6-4-3-5-16(17)21(28)25-19/h3-10,13H,2,11-12H2,1H3,(H,23,25,28)(H,24,26,27). The number of rotatable bonds is 7. The van der Waals surface area contributed by atoms with Crippen LogP contribution in [0.15, 0.2) is 58.7 Å². The highest BCUT2D eigenvalue weighted by Gasteiger charge is 2.10. The number of thiazole rings is 1. The fourth-order valence-electron chi connectivity index (χ4n) is 3.02. The molecule has 4 aromatic rings. The SMILES string of the molecule is CCOc1ccc(-c2csc(NC(=O)CCc3nc4ccccc4c(=O)[nH]3)n2)cc1. The van der Waals surface area contributed by atoms with E-state index in [0.29, 0.717) is 34.9 Å². The number of benzene rings is 2. The van der Waals surface area contributed by atoms with E-state index >= 15 is 0 Å². The number of hydrogen-bond donors (Lipinski definition) is 2. The number of H-pyrrole nitrogens is 1. The molecule has 4 rings (SSSR count). The lowest BCUT2D eigenvalue weighted by atomic mass is 10.2. The average molecular weight is 420 g/mol.